The standard InChI is InChI=1S/C20H24N4O3/c25-17-5-4-15(18(26)23-17)24-11-14-12(2-1-3-13(14)19(24)27)10-21-16-6-9-22-20(16)7-8-20/h1-3,15-16,21-22H,4-11H2,(H,23,25,26). The first-order chi connectivity index (χ1) is 13.1. The zero-order valence-electron chi connectivity index (χ0n) is 15.2. The summed E-state index contributed by atoms with van der Waals surface area (Å²) in [5, 5.41) is 9.66. The number of fused-ring (bicyclic) bond motifs is 1. The molecule has 3 aliphatic heterocycles. The van der Waals surface area contributed by atoms with E-state index in [0.717, 1.165) is 30.6 Å². The smallest absolute Gasteiger partial charge is 0.255 e. The summed E-state index contributed by atoms with van der Waals surface area (Å²) < 4.78 is 0. The molecule has 1 aromatic rings. The van der Waals surface area contributed by atoms with Crippen molar-refractivity contribution >= 4 is 17.7 Å². The normalized spacial score (nSPS) is 28.6. The average Bonchev–Trinajstić information content (AvgIpc) is 3.20. The third-order valence-electron chi connectivity index (χ3n) is 6.58. The number of carbonyl (C=O) groups excluding carboxylic acids is 3. The largest absolute Gasteiger partial charge is 0.322 e. The molecule has 1 aromatic carbocycles. The third-order valence-corrected chi connectivity index (χ3v) is 6.58. The number of nitrogens with zero attached hydrogens (tertiary/aromatic N) is 1. The lowest BCUT2D eigenvalue weighted by molar-refractivity contribution is -0.136. The van der Waals surface area contributed by atoms with Gasteiger partial charge in [0.2, 0.25) is 11.8 Å². The number of hydrogen-bond acceptors (Lipinski definition) is 5. The van der Waals surface area contributed by atoms with Crippen LogP contribution in [0.2, 0.25) is 0 Å². The van der Waals surface area contributed by atoms with Crippen LogP contribution >= 0.6 is 0 Å². The van der Waals surface area contributed by atoms with E-state index >= 15 is 0 Å². The van der Waals surface area contributed by atoms with E-state index in [4.69, 9.17) is 0 Å². The van der Waals surface area contributed by atoms with E-state index in [-0.39, 0.29) is 24.1 Å². The zero-order chi connectivity index (χ0) is 18.6. The molecule has 2 unspecified atom stereocenters. The van der Waals surface area contributed by atoms with Gasteiger partial charge in [-0.2, -0.15) is 0 Å². The molecular weight excluding hydrogens is 344 g/mol. The molecule has 2 atom stereocenters. The van der Waals surface area contributed by atoms with Gasteiger partial charge in [-0.3, -0.25) is 19.7 Å². The van der Waals surface area contributed by atoms with Gasteiger partial charge in [0.15, 0.2) is 0 Å². The summed E-state index contributed by atoms with van der Waals surface area (Å²) in [4.78, 5) is 38.1. The minimum Gasteiger partial charge on any atom is -0.322 e. The summed E-state index contributed by atoms with van der Waals surface area (Å²) in [6.07, 6.45) is 4.28. The fraction of sp³-hybridized carbons (Fsp3) is 0.550. The second kappa shape index (κ2) is 6.14. The Morgan fingerprint density at radius 2 is 2.04 bits per heavy atom. The molecule has 5 rings (SSSR count). The Bertz CT molecular complexity index is 833. The summed E-state index contributed by atoms with van der Waals surface area (Å²) in [7, 11) is 0. The number of rotatable bonds is 4. The highest BCUT2D eigenvalue weighted by Crippen LogP contribution is 2.43. The van der Waals surface area contributed by atoms with Gasteiger partial charge in [0.25, 0.3) is 5.91 Å². The van der Waals surface area contributed by atoms with Gasteiger partial charge < -0.3 is 15.5 Å². The van der Waals surface area contributed by atoms with Crippen LogP contribution in [0.15, 0.2) is 18.2 Å². The highest BCUT2D eigenvalue weighted by Gasteiger charge is 2.51. The van der Waals surface area contributed by atoms with Crippen molar-refractivity contribution < 1.29 is 14.4 Å². The molecule has 1 aliphatic carbocycles. The minimum absolute atomic E-state index is 0.109. The zero-order valence-corrected chi connectivity index (χ0v) is 15.2. The Hall–Kier alpha value is -2.25. The second-order valence-electron chi connectivity index (χ2n) is 8.15. The lowest BCUT2D eigenvalue weighted by Gasteiger charge is -2.29. The first-order valence-electron chi connectivity index (χ1n) is 9.81. The number of nitrogens with one attached hydrogen (secondary N) is 3. The van der Waals surface area contributed by atoms with Crippen molar-refractivity contribution in [2.75, 3.05) is 6.54 Å². The van der Waals surface area contributed by atoms with Gasteiger partial charge in [0, 0.05) is 36.7 Å². The second-order valence-corrected chi connectivity index (χ2v) is 8.15. The summed E-state index contributed by atoms with van der Waals surface area (Å²) in [5.41, 5.74) is 3.12. The molecule has 27 heavy (non-hydrogen) atoms. The molecule has 3 fully saturated rings. The molecule has 0 bridgehead atoms. The molecule has 1 spiro atoms. The van der Waals surface area contributed by atoms with E-state index in [1.54, 1.807) is 4.90 Å². The van der Waals surface area contributed by atoms with Crippen LogP contribution in [0.1, 0.15) is 53.6 Å². The van der Waals surface area contributed by atoms with Crippen LogP contribution in [0.25, 0.3) is 0 Å². The Kier molecular flexibility index (Phi) is 3.84. The monoisotopic (exact) mass is 368 g/mol. The molecule has 3 N–H and O–H groups in total. The van der Waals surface area contributed by atoms with E-state index < -0.39 is 6.04 Å². The van der Waals surface area contributed by atoms with Gasteiger partial charge in [-0.25, -0.2) is 0 Å². The van der Waals surface area contributed by atoms with Crippen molar-refractivity contribution in [3.8, 4) is 0 Å². The minimum atomic E-state index is -0.558. The van der Waals surface area contributed by atoms with Gasteiger partial charge in [-0.05, 0) is 49.4 Å². The van der Waals surface area contributed by atoms with Gasteiger partial charge in [0.05, 0.1) is 0 Å². The fourth-order valence-corrected chi connectivity index (χ4v) is 4.87. The van der Waals surface area contributed by atoms with Crippen LogP contribution in [0, 0.1) is 0 Å². The van der Waals surface area contributed by atoms with Crippen molar-refractivity contribution in [2.24, 2.45) is 0 Å². The molecule has 7 heteroatoms. The van der Waals surface area contributed by atoms with Gasteiger partial charge in [-0.1, -0.05) is 12.1 Å². The lowest BCUT2D eigenvalue weighted by Crippen LogP contribution is -2.52. The van der Waals surface area contributed by atoms with Gasteiger partial charge in [-0.15, -0.1) is 0 Å². The molecule has 4 aliphatic rings. The fourth-order valence-electron chi connectivity index (χ4n) is 4.87. The number of carbonyl (C=O) groups is 3. The average molecular weight is 368 g/mol. The van der Waals surface area contributed by atoms with E-state index in [1.165, 1.54) is 12.8 Å². The molecule has 0 aromatic heterocycles. The van der Waals surface area contributed by atoms with E-state index in [2.05, 4.69) is 22.0 Å². The van der Waals surface area contributed by atoms with E-state index in [0.29, 0.717) is 30.1 Å². The van der Waals surface area contributed by atoms with E-state index in [9.17, 15) is 14.4 Å². The first-order valence-corrected chi connectivity index (χ1v) is 9.81. The van der Waals surface area contributed by atoms with E-state index in [1.807, 2.05) is 12.1 Å². The van der Waals surface area contributed by atoms with Gasteiger partial charge in [0.1, 0.15) is 6.04 Å². The number of imide groups is 1. The Labute approximate surface area is 157 Å². The maximum atomic E-state index is 12.9. The maximum absolute atomic E-state index is 12.9. The molecule has 7 nitrogen and oxygen atoms in total. The number of piperidine rings is 1. The van der Waals surface area contributed by atoms with Gasteiger partial charge >= 0.3 is 0 Å². The predicted molar refractivity (Wildman–Crippen MR) is 97.7 cm³/mol. The lowest BCUT2D eigenvalue weighted by atomic mass is 10.0. The Morgan fingerprint density at radius 1 is 1.19 bits per heavy atom. The van der Waals surface area contributed by atoms with Crippen molar-refractivity contribution in [1.82, 2.24) is 20.9 Å². The van der Waals surface area contributed by atoms with Crippen LogP contribution in [-0.4, -0.2) is 46.8 Å². The maximum Gasteiger partial charge on any atom is 0.255 e. The van der Waals surface area contributed by atoms with Crippen molar-refractivity contribution in [3.05, 3.63) is 34.9 Å². The molecule has 142 valence electrons. The first kappa shape index (κ1) is 16.9. The molecule has 1 saturated carbocycles. The third kappa shape index (κ3) is 2.76. The highest BCUT2D eigenvalue weighted by molar-refractivity contribution is 6.05. The van der Waals surface area contributed by atoms with Crippen molar-refractivity contribution in [1.29, 1.82) is 0 Å². The van der Waals surface area contributed by atoms with Crippen LogP contribution in [0.3, 0.4) is 0 Å². The van der Waals surface area contributed by atoms with Crippen LogP contribution in [0.4, 0.5) is 0 Å². The number of hydrogen-bond donors (Lipinski definition) is 3. The van der Waals surface area contributed by atoms with Crippen LogP contribution < -0.4 is 16.0 Å². The number of benzene rings is 1. The Morgan fingerprint density at radius 3 is 2.81 bits per heavy atom. The summed E-state index contributed by atoms with van der Waals surface area (Å²) in [6.45, 7) is 2.23. The molecule has 0 radical (unpaired) electrons. The summed E-state index contributed by atoms with van der Waals surface area (Å²) >= 11 is 0. The highest BCUT2D eigenvalue weighted by atomic mass is 16.2. The SMILES string of the molecule is O=C1CCC(N2Cc3c(CNC4CCNC45CC5)cccc3C2=O)C(=O)N1. The van der Waals surface area contributed by atoms with Crippen LogP contribution in [-0.2, 0) is 22.7 Å². The van der Waals surface area contributed by atoms with Crippen molar-refractivity contribution in [2.45, 2.75) is 62.8 Å². The predicted octanol–water partition coefficient (Wildman–Crippen LogP) is 0.432. The molecule has 3 heterocycles. The van der Waals surface area contributed by atoms with Crippen LogP contribution in [0.5, 0.6) is 0 Å². The molecular formula is C20H24N4O3. The molecule has 3 amide bonds. The summed E-state index contributed by atoms with van der Waals surface area (Å²) in [6, 6.07) is 5.75. The summed E-state index contributed by atoms with van der Waals surface area (Å²) in [5.74, 6) is -0.730. The topological polar surface area (TPSA) is 90.5 Å². The quantitative estimate of drug-likeness (QED) is 0.671. The van der Waals surface area contributed by atoms with Crippen molar-refractivity contribution in [3.63, 3.8) is 0 Å². The molecule has 2 saturated heterocycles. The number of amides is 3. The Balaban J connectivity index is 1.33.